The highest BCUT2D eigenvalue weighted by Crippen LogP contribution is 2.20. The zero-order valence-corrected chi connectivity index (χ0v) is 19.7. The number of hydrogen-bond acceptors (Lipinski definition) is 5. The number of para-hydroxylation sites is 1. The van der Waals surface area contributed by atoms with Crippen LogP contribution in [0.25, 0.3) is 0 Å². The van der Waals surface area contributed by atoms with Crippen molar-refractivity contribution in [3.63, 3.8) is 0 Å². The lowest BCUT2D eigenvalue weighted by Crippen LogP contribution is -2.46. The summed E-state index contributed by atoms with van der Waals surface area (Å²) in [6.07, 6.45) is 0. The second kappa shape index (κ2) is 11.8. The molecule has 2 rings (SSSR count). The number of aliphatic imine (C=N–C) groups is 1. The molecule has 2 aromatic rings. The molecule has 0 fully saturated rings. The number of hydrogen-bond donors (Lipinski definition) is 0. The van der Waals surface area contributed by atoms with E-state index in [-0.39, 0.29) is 29.9 Å². The van der Waals surface area contributed by atoms with Crippen molar-refractivity contribution < 1.29 is 23.9 Å². The molecule has 158 valence electrons. The number of rotatable bonds is 9. The van der Waals surface area contributed by atoms with Crippen LogP contribution in [-0.2, 0) is 4.74 Å². The predicted octanol–water partition coefficient (Wildman–Crippen LogP) is 3.40. The first-order chi connectivity index (χ1) is 13.4. The third kappa shape index (κ3) is 7.01. The Hall–Kier alpha value is -2.13. The first-order valence-corrected chi connectivity index (χ1v) is 9.42. The number of ether oxygens (including phenoxy) is 2. The SMILES string of the molecule is CC[N+](C)(CC)CCOC(=O)c1ccc(N=C([O-])c2ccccc2OC)cc1.I. The molecule has 29 heavy (non-hydrogen) atoms. The van der Waals surface area contributed by atoms with Gasteiger partial charge in [0.2, 0.25) is 0 Å². The molecular formula is C22H29IN2O4. The number of halogens is 1. The van der Waals surface area contributed by atoms with Crippen LogP contribution in [0.1, 0.15) is 29.8 Å². The van der Waals surface area contributed by atoms with Gasteiger partial charge in [0.05, 0.1) is 38.5 Å². The number of methoxy groups -OCH3 is 1. The van der Waals surface area contributed by atoms with Crippen LogP contribution in [-0.4, -0.2) is 56.7 Å². The maximum Gasteiger partial charge on any atom is 0.338 e. The van der Waals surface area contributed by atoms with Gasteiger partial charge in [-0.25, -0.2) is 4.79 Å². The standard InChI is InChI=1S/C22H28N2O4.HI/c1-5-24(3,6-2)15-16-28-22(26)17-11-13-18(14-12-17)23-21(25)19-9-7-8-10-20(19)27-4;/h7-14H,5-6,15-16H2,1-4H3;1H. The molecule has 6 nitrogen and oxygen atoms in total. The summed E-state index contributed by atoms with van der Waals surface area (Å²) in [5.41, 5.74) is 1.29. The summed E-state index contributed by atoms with van der Waals surface area (Å²) in [6.45, 7) is 7.38. The van der Waals surface area contributed by atoms with Gasteiger partial charge in [0.1, 0.15) is 18.9 Å². The maximum atomic E-state index is 12.4. The molecule has 0 heterocycles. The van der Waals surface area contributed by atoms with Gasteiger partial charge >= 0.3 is 5.97 Å². The van der Waals surface area contributed by atoms with E-state index in [0.29, 0.717) is 29.2 Å². The quantitative estimate of drug-likeness (QED) is 0.170. The van der Waals surface area contributed by atoms with Crippen LogP contribution in [0.3, 0.4) is 0 Å². The lowest BCUT2D eigenvalue weighted by atomic mass is 10.2. The normalized spacial score (nSPS) is 11.5. The van der Waals surface area contributed by atoms with Crippen molar-refractivity contribution in [1.29, 1.82) is 0 Å². The Morgan fingerprint density at radius 3 is 2.28 bits per heavy atom. The summed E-state index contributed by atoms with van der Waals surface area (Å²) in [4.78, 5) is 16.3. The van der Waals surface area contributed by atoms with Gasteiger partial charge in [-0.15, -0.1) is 24.0 Å². The highest BCUT2D eigenvalue weighted by Gasteiger charge is 2.17. The van der Waals surface area contributed by atoms with Gasteiger partial charge in [-0.05, 0) is 50.1 Å². The highest BCUT2D eigenvalue weighted by molar-refractivity contribution is 14.0. The average Bonchev–Trinajstić information content (AvgIpc) is 2.73. The van der Waals surface area contributed by atoms with E-state index in [9.17, 15) is 9.90 Å². The maximum absolute atomic E-state index is 12.4. The summed E-state index contributed by atoms with van der Waals surface area (Å²) in [7, 11) is 3.65. The molecule has 7 heteroatoms. The molecule has 2 aromatic carbocycles. The molecule has 0 spiro atoms. The molecule has 0 radical (unpaired) electrons. The molecule has 0 bridgehead atoms. The summed E-state index contributed by atoms with van der Waals surface area (Å²) in [6, 6.07) is 13.4. The van der Waals surface area contributed by atoms with E-state index < -0.39 is 5.90 Å². The second-order valence-electron chi connectivity index (χ2n) is 6.78. The van der Waals surface area contributed by atoms with Gasteiger partial charge in [0.25, 0.3) is 0 Å². The monoisotopic (exact) mass is 512 g/mol. The fourth-order valence-electron chi connectivity index (χ4n) is 2.65. The molecule has 0 atom stereocenters. The Morgan fingerprint density at radius 2 is 1.69 bits per heavy atom. The summed E-state index contributed by atoms with van der Waals surface area (Å²) in [5.74, 6) is -0.300. The molecule has 0 saturated carbocycles. The smallest absolute Gasteiger partial charge is 0.338 e. The average molecular weight is 512 g/mol. The lowest BCUT2D eigenvalue weighted by Gasteiger charge is -2.31. The van der Waals surface area contributed by atoms with E-state index in [1.54, 1.807) is 48.5 Å². The fourth-order valence-corrected chi connectivity index (χ4v) is 2.65. The molecule has 0 N–H and O–H groups in total. The van der Waals surface area contributed by atoms with E-state index in [1.807, 2.05) is 0 Å². The molecule has 0 aliphatic heterocycles. The Morgan fingerprint density at radius 1 is 1.07 bits per heavy atom. The van der Waals surface area contributed by atoms with Crippen LogP contribution in [0, 0.1) is 0 Å². The van der Waals surface area contributed by atoms with E-state index in [4.69, 9.17) is 9.47 Å². The van der Waals surface area contributed by atoms with Crippen LogP contribution in [0.2, 0.25) is 0 Å². The van der Waals surface area contributed by atoms with Gasteiger partial charge in [-0.1, -0.05) is 18.2 Å². The number of esters is 1. The first kappa shape index (κ1) is 24.9. The zero-order valence-electron chi connectivity index (χ0n) is 17.4. The summed E-state index contributed by atoms with van der Waals surface area (Å²) < 4.78 is 11.4. The van der Waals surface area contributed by atoms with Crippen LogP contribution < -0.4 is 9.84 Å². The van der Waals surface area contributed by atoms with Crippen molar-refractivity contribution in [1.82, 2.24) is 0 Å². The van der Waals surface area contributed by atoms with E-state index >= 15 is 0 Å². The second-order valence-corrected chi connectivity index (χ2v) is 6.78. The van der Waals surface area contributed by atoms with Gasteiger partial charge in [-0.2, -0.15) is 0 Å². The first-order valence-electron chi connectivity index (χ1n) is 9.42. The van der Waals surface area contributed by atoms with Crippen LogP contribution in [0.5, 0.6) is 5.75 Å². The van der Waals surface area contributed by atoms with Crippen molar-refractivity contribution in [3.05, 3.63) is 59.7 Å². The van der Waals surface area contributed by atoms with Gasteiger partial charge in [-0.3, -0.25) is 4.99 Å². The predicted molar refractivity (Wildman–Crippen MR) is 123 cm³/mol. The van der Waals surface area contributed by atoms with Gasteiger partial charge in [0.15, 0.2) is 0 Å². The van der Waals surface area contributed by atoms with E-state index in [2.05, 4.69) is 25.9 Å². The Labute approximate surface area is 189 Å². The summed E-state index contributed by atoms with van der Waals surface area (Å²) in [5, 5.41) is 12.4. The van der Waals surface area contributed by atoms with E-state index in [1.165, 1.54) is 7.11 Å². The fraction of sp³-hybridized carbons (Fsp3) is 0.364. The largest absolute Gasteiger partial charge is 0.858 e. The van der Waals surface area contributed by atoms with Crippen molar-refractivity contribution in [3.8, 4) is 5.75 Å². The molecule has 0 aliphatic carbocycles. The number of carbonyl (C=O) groups is 1. The molecule has 0 saturated heterocycles. The molecule has 0 aliphatic rings. The van der Waals surface area contributed by atoms with Gasteiger partial charge in [0, 0.05) is 5.56 Å². The van der Waals surface area contributed by atoms with Gasteiger partial charge < -0.3 is 19.1 Å². The van der Waals surface area contributed by atoms with Crippen molar-refractivity contribution in [2.24, 2.45) is 4.99 Å². The lowest BCUT2D eigenvalue weighted by molar-refractivity contribution is -0.906. The van der Waals surface area contributed by atoms with Crippen molar-refractivity contribution in [2.45, 2.75) is 13.8 Å². The highest BCUT2D eigenvalue weighted by atomic mass is 127. The molecule has 0 amide bonds. The Kier molecular flexibility index (Phi) is 10.1. The molecular weight excluding hydrogens is 483 g/mol. The number of quaternary nitrogens is 1. The number of nitrogens with zero attached hydrogens (tertiary/aromatic N) is 2. The Bertz CT molecular complexity index is 818. The summed E-state index contributed by atoms with van der Waals surface area (Å²) >= 11 is 0. The minimum absolute atomic E-state index is 0. The van der Waals surface area contributed by atoms with Crippen LogP contribution in [0.4, 0.5) is 5.69 Å². The topological polar surface area (TPSA) is 71.0 Å². The number of benzene rings is 2. The third-order valence-electron chi connectivity index (χ3n) is 5.06. The van der Waals surface area contributed by atoms with Crippen LogP contribution in [0.15, 0.2) is 53.5 Å². The molecule has 0 unspecified atom stereocenters. The minimum Gasteiger partial charge on any atom is -0.858 e. The van der Waals surface area contributed by atoms with Crippen LogP contribution >= 0.6 is 24.0 Å². The molecule has 0 aromatic heterocycles. The minimum atomic E-state index is -0.399. The Balaban J connectivity index is 0.00000420. The number of likely N-dealkylation sites (N-methyl/N-ethyl adjacent to an activating group) is 1. The zero-order chi connectivity index (χ0) is 20.6. The van der Waals surface area contributed by atoms with Crippen molar-refractivity contribution in [2.75, 3.05) is 40.4 Å². The number of carbonyl (C=O) groups excluding carboxylic acids is 1. The third-order valence-corrected chi connectivity index (χ3v) is 5.06. The van der Waals surface area contributed by atoms with Crippen molar-refractivity contribution >= 4 is 41.5 Å². The van der Waals surface area contributed by atoms with E-state index in [0.717, 1.165) is 24.1 Å².